The highest BCUT2D eigenvalue weighted by Crippen LogP contribution is 2.22. The monoisotopic (exact) mass is 276 g/mol. The molecule has 0 unspecified atom stereocenters. The van der Waals surface area contributed by atoms with E-state index in [0.717, 1.165) is 22.5 Å². The van der Waals surface area contributed by atoms with E-state index in [2.05, 4.69) is 0 Å². The predicted octanol–water partition coefficient (Wildman–Crippen LogP) is 4.79. The van der Waals surface area contributed by atoms with Crippen LogP contribution in [0.2, 0.25) is 0 Å². The number of benzene rings is 2. The van der Waals surface area contributed by atoms with Crippen LogP contribution < -0.4 is 0 Å². The van der Waals surface area contributed by atoms with Crippen LogP contribution in [-0.4, -0.2) is 5.78 Å². The average molecular weight is 276 g/mol. The van der Waals surface area contributed by atoms with Crippen molar-refractivity contribution in [2.45, 2.75) is 13.8 Å². The first-order valence-electron chi connectivity index (χ1n) is 6.91. The van der Waals surface area contributed by atoms with Gasteiger partial charge >= 0.3 is 0 Å². The quantitative estimate of drug-likeness (QED) is 0.643. The molecule has 0 spiro atoms. The summed E-state index contributed by atoms with van der Waals surface area (Å²) >= 11 is 0. The van der Waals surface area contributed by atoms with E-state index in [-0.39, 0.29) is 5.78 Å². The molecule has 0 fully saturated rings. The van der Waals surface area contributed by atoms with Gasteiger partial charge in [0.25, 0.3) is 0 Å². The van der Waals surface area contributed by atoms with Crippen molar-refractivity contribution in [1.82, 2.24) is 0 Å². The van der Waals surface area contributed by atoms with Gasteiger partial charge in [0.2, 0.25) is 0 Å². The van der Waals surface area contributed by atoms with Crippen LogP contribution in [0.5, 0.6) is 0 Å². The number of rotatable bonds is 3. The maximum Gasteiger partial charge on any atom is 0.193 e. The average Bonchev–Trinajstić information content (AvgIpc) is 3.04. The first kappa shape index (κ1) is 13.4. The van der Waals surface area contributed by atoms with Crippen molar-refractivity contribution in [3.63, 3.8) is 0 Å². The van der Waals surface area contributed by atoms with Gasteiger partial charge in [-0.25, -0.2) is 0 Å². The molecule has 0 N–H and O–H groups in total. The maximum absolute atomic E-state index is 12.6. The van der Waals surface area contributed by atoms with Gasteiger partial charge in [0.15, 0.2) is 5.78 Å². The van der Waals surface area contributed by atoms with E-state index in [1.807, 2.05) is 68.4 Å². The Bertz CT molecular complexity index is 783. The summed E-state index contributed by atoms with van der Waals surface area (Å²) in [7, 11) is 0. The Morgan fingerprint density at radius 2 is 1.67 bits per heavy atom. The lowest BCUT2D eigenvalue weighted by Gasteiger charge is -2.06. The van der Waals surface area contributed by atoms with E-state index in [9.17, 15) is 4.79 Å². The van der Waals surface area contributed by atoms with Gasteiger partial charge in [-0.3, -0.25) is 4.79 Å². The number of carbonyl (C=O) groups is 1. The van der Waals surface area contributed by atoms with E-state index < -0.39 is 0 Å². The molecule has 1 aromatic heterocycles. The smallest absolute Gasteiger partial charge is 0.193 e. The molecular weight excluding hydrogens is 260 g/mol. The molecule has 0 aliphatic heterocycles. The van der Waals surface area contributed by atoms with Crippen LogP contribution in [0, 0.1) is 13.8 Å². The minimum Gasteiger partial charge on any atom is -0.464 e. The van der Waals surface area contributed by atoms with E-state index in [4.69, 9.17) is 4.42 Å². The van der Waals surface area contributed by atoms with Crippen molar-refractivity contribution < 1.29 is 9.21 Å². The third kappa shape index (κ3) is 2.65. The van der Waals surface area contributed by atoms with Crippen LogP contribution in [0.4, 0.5) is 0 Å². The molecule has 0 amide bonds. The molecule has 1 heterocycles. The maximum atomic E-state index is 12.6. The second-order valence-corrected chi connectivity index (χ2v) is 5.19. The normalized spacial score (nSPS) is 10.6. The lowest BCUT2D eigenvalue weighted by atomic mass is 9.98. The van der Waals surface area contributed by atoms with Crippen molar-refractivity contribution in [2.75, 3.05) is 0 Å². The van der Waals surface area contributed by atoms with Gasteiger partial charge < -0.3 is 4.42 Å². The third-order valence-electron chi connectivity index (χ3n) is 3.70. The fraction of sp³-hybridized carbons (Fsp3) is 0.105. The zero-order chi connectivity index (χ0) is 14.8. The zero-order valence-electron chi connectivity index (χ0n) is 12.1. The van der Waals surface area contributed by atoms with Gasteiger partial charge in [0.1, 0.15) is 5.76 Å². The Morgan fingerprint density at radius 3 is 2.38 bits per heavy atom. The molecule has 3 aromatic rings. The van der Waals surface area contributed by atoms with Crippen molar-refractivity contribution in [3.8, 4) is 11.3 Å². The van der Waals surface area contributed by atoms with Crippen LogP contribution in [0.15, 0.2) is 65.3 Å². The summed E-state index contributed by atoms with van der Waals surface area (Å²) in [6.07, 6.45) is 1.63. The third-order valence-corrected chi connectivity index (χ3v) is 3.70. The largest absolute Gasteiger partial charge is 0.464 e. The number of furan rings is 1. The summed E-state index contributed by atoms with van der Waals surface area (Å²) in [4.78, 5) is 12.6. The van der Waals surface area contributed by atoms with Crippen molar-refractivity contribution >= 4 is 5.78 Å². The van der Waals surface area contributed by atoms with Crippen molar-refractivity contribution in [3.05, 3.63) is 83.1 Å². The van der Waals surface area contributed by atoms with Crippen LogP contribution in [0.3, 0.4) is 0 Å². The minimum absolute atomic E-state index is 0.0338. The van der Waals surface area contributed by atoms with Gasteiger partial charge in [-0.05, 0) is 49.2 Å². The molecule has 2 nitrogen and oxygen atoms in total. The van der Waals surface area contributed by atoms with E-state index in [0.29, 0.717) is 5.56 Å². The summed E-state index contributed by atoms with van der Waals surface area (Å²) in [6.45, 7) is 4.06. The van der Waals surface area contributed by atoms with Crippen LogP contribution in [-0.2, 0) is 0 Å². The number of aryl methyl sites for hydroxylation is 2. The highest BCUT2D eigenvalue weighted by molar-refractivity contribution is 6.09. The van der Waals surface area contributed by atoms with Crippen LogP contribution in [0.1, 0.15) is 27.0 Å². The Balaban J connectivity index is 1.98. The Kier molecular flexibility index (Phi) is 3.44. The van der Waals surface area contributed by atoms with Gasteiger partial charge in [0, 0.05) is 16.7 Å². The molecule has 0 bridgehead atoms. The summed E-state index contributed by atoms with van der Waals surface area (Å²) < 4.78 is 5.38. The Labute approximate surface area is 124 Å². The van der Waals surface area contributed by atoms with Gasteiger partial charge in [-0.1, -0.05) is 30.3 Å². The lowest BCUT2D eigenvalue weighted by Crippen LogP contribution is -2.02. The van der Waals surface area contributed by atoms with Crippen molar-refractivity contribution in [2.24, 2.45) is 0 Å². The first-order chi connectivity index (χ1) is 10.1. The standard InChI is InChI=1S/C19H16O2/c1-13-8-9-17(11-14(13)2)19(20)16-6-3-5-15(12-16)18-7-4-10-21-18/h3-12H,1-2H3. The molecular formula is C19H16O2. The summed E-state index contributed by atoms with van der Waals surface area (Å²) in [6, 6.07) is 17.1. The second-order valence-electron chi connectivity index (χ2n) is 5.19. The molecule has 0 aliphatic carbocycles. The van der Waals surface area contributed by atoms with Gasteiger partial charge in [-0.15, -0.1) is 0 Å². The van der Waals surface area contributed by atoms with Gasteiger partial charge in [0.05, 0.1) is 6.26 Å². The SMILES string of the molecule is Cc1ccc(C(=O)c2cccc(-c3ccco3)c2)cc1C. The predicted molar refractivity (Wildman–Crippen MR) is 83.5 cm³/mol. The topological polar surface area (TPSA) is 30.2 Å². The molecule has 21 heavy (non-hydrogen) atoms. The molecule has 0 aliphatic rings. The first-order valence-corrected chi connectivity index (χ1v) is 6.91. The molecule has 2 aromatic carbocycles. The molecule has 0 radical (unpaired) electrons. The fourth-order valence-corrected chi connectivity index (χ4v) is 2.31. The van der Waals surface area contributed by atoms with E-state index in [1.54, 1.807) is 6.26 Å². The number of hydrogen-bond donors (Lipinski definition) is 0. The second kappa shape index (κ2) is 5.41. The molecule has 104 valence electrons. The zero-order valence-corrected chi connectivity index (χ0v) is 12.1. The van der Waals surface area contributed by atoms with Crippen LogP contribution >= 0.6 is 0 Å². The summed E-state index contributed by atoms with van der Waals surface area (Å²) in [5, 5.41) is 0. The summed E-state index contributed by atoms with van der Waals surface area (Å²) in [5.74, 6) is 0.802. The summed E-state index contributed by atoms with van der Waals surface area (Å²) in [5.41, 5.74) is 4.62. The molecule has 0 atom stereocenters. The molecule has 2 heteroatoms. The highest BCUT2D eigenvalue weighted by Gasteiger charge is 2.11. The van der Waals surface area contributed by atoms with Crippen LogP contribution in [0.25, 0.3) is 11.3 Å². The van der Waals surface area contributed by atoms with E-state index >= 15 is 0 Å². The van der Waals surface area contributed by atoms with E-state index in [1.165, 1.54) is 5.56 Å². The van der Waals surface area contributed by atoms with Crippen molar-refractivity contribution in [1.29, 1.82) is 0 Å². The highest BCUT2D eigenvalue weighted by atomic mass is 16.3. The van der Waals surface area contributed by atoms with Gasteiger partial charge in [-0.2, -0.15) is 0 Å². The Hall–Kier alpha value is -2.61. The molecule has 0 saturated heterocycles. The number of carbonyl (C=O) groups excluding carboxylic acids is 1. The minimum atomic E-state index is 0.0338. The fourth-order valence-electron chi connectivity index (χ4n) is 2.31. The lowest BCUT2D eigenvalue weighted by molar-refractivity contribution is 0.103. The molecule has 0 saturated carbocycles. The number of hydrogen-bond acceptors (Lipinski definition) is 2. The Morgan fingerprint density at radius 1 is 0.857 bits per heavy atom. The number of ketones is 1. The molecule has 3 rings (SSSR count).